The molecule has 0 radical (unpaired) electrons. The Bertz CT molecular complexity index is 724. The number of methoxy groups -OCH3 is 2. The number of benzene rings is 1. The molecule has 132 valence electrons. The quantitative estimate of drug-likeness (QED) is 0.828. The van der Waals surface area contributed by atoms with Crippen molar-refractivity contribution in [1.82, 2.24) is 14.9 Å². The highest BCUT2D eigenvalue weighted by atomic mass is 16.5. The van der Waals surface area contributed by atoms with Crippen molar-refractivity contribution in [1.29, 1.82) is 0 Å². The van der Waals surface area contributed by atoms with Gasteiger partial charge in [0.25, 0.3) is 5.91 Å². The van der Waals surface area contributed by atoms with Gasteiger partial charge in [-0.25, -0.2) is 4.98 Å². The average Bonchev–Trinajstić information content (AvgIpc) is 2.68. The SMILES string of the molecule is COc1ccc(C(=O)N2CCCC(Oc3cnccn3)C2)c(OC)c1. The Morgan fingerprint density at radius 1 is 1.24 bits per heavy atom. The first kappa shape index (κ1) is 17.0. The number of ether oxygens (including phenoxy) is 3. The molecule has 2 aromatic rings. The van der Waals surface area contributed by atoms with E-state index in [9.17, 15) is 4.79 Å². The second-order valence-electron chi connectivity index (χ2n) is 5.74. The molecule has 0 N–H and O–H groups in total. The van der Waals surface area contributed by atoms with E-state index in [1.807, 2.05) is 0 Å². The van der Waals surface area contributed by atoms with Gasteiger partial charge in [0.15, 0.2) is 0 Å². The first-order valence-electron chi connectivity index (χ1n) is 8.15. The lowest BCUT2D eigenvalue weighted by molar-refractivity contribution is 0.0524. The Morgan fingerprint density at radius 2 is 2.12 bits per heavy atom. The minimum Gasteiger partial charge on any atom is -0.497 e. The van der Waals surface area contributed by atoms with Crippen molar-refractivity contribution in [3.05, 3.63) is 42.4 Å². The summed E-state index contributed by atoms with van der Waals surface area (Å²) < 4.78 is 16.4. The largest absolute Gasteiger partial charge is 0.497 e. The third-order valence-corrected chi connectivity index (χ3v) is 4.13. The number of carbonyl (C=O) groups is 1. The third kappa shape index (κ3) is 3.99. The summed E-state index contributed by atoms with van der Waals surface area (Å²) >= 11 is 0. The number of piperidine rings is 1. The lowest BCUT2D eigenvalue weighted by Crippen LogP contribution is -2.44. The van der Waals surface area contributed by atoms with Crippen LogP contribution in [0.3, 0.4) is 0 Å². The topological polar surface area (TPSA) is 73.8 Å². The summed E-state index contributed by atoms with van der Waals surface area (Å²) in [5.74, 6) is 1.55. The maximum Gasteiger partial charge on any atom is 0.257 e. The molecule has 2 heterocycles. The normalized spacial score (nSPS) is 17.0. The number of likely N-dealkylation sites (tertiary alicyclic amines) is 1. The highest BCUT2D eigenvalue weighted by Gasteiger charge is 2.27. The van der Waals surface area contributed by atoms with Crippen molar-refractivity contribution in [3.63, 3.8) is 0 Å². The van der Waals surface area contributed by atoms with Crippen LogP contribution in [0.5, 0.6) is 17.4 Å². The van der Waals surface area contributed by atoms with E-state index in [0.717, 1.165) is 12.8 Å². The number of aromatic nitrogens is 2. The fraction of sp³-hybridized carbons (Fsp3) is 0.389. The van der Waals surface area contributed by atoms with Gasteiger partial charge in [0.2, 0.25) is 5.88 Å². The molecule has 1 aromatic heterocycles. The van der Waals surface area contributed by atoms with Crippen LogP contribution in [0.25, 0.3) is 0 Å². The fourth-order valence-corrected chi connectivity index (χ4v) is 2.88. The van der Waals surface area contributed by atoms with E-state index in [2.05, 4.69) is 9.97 Å². The molecule has 7 nitrogen and oxygen atoms in total. The summed E-state index contributed by atoms with van der Waals surface area (Å²) in [6, 6.07) is 5.20. The second-order valence-corrected chi connectivity index (χ2v) is 5.74. The van der Waals surface area contributed by atoms with Crippen LogP contribution in [0.1, 0.15) is 23.2 Å². The van der Waals surface area contributed by atoms with Crippen molar-refractivity contribution in [2.45, 2.75) is 18.9 Å². The molecule has 3 rings (SSSR count). The van der Waals surface area contributed by atoms with Crippen molar-refractivity contribution in [3.8, 4) is 17.4 Å². The fourth-order valence-electron chi connectivity index (χ4n) is 2.88. The standard InChI is InChI=1S/C18H21N3O4/c1-23-13-5-6-15(16(10-13)24-2)18(22)21-9-3-4-14(12-21)25-17-11-19-7-8-20-17/h5-8,10-11,14H,3-4,9,12H2,1-2H3. The van der Waals surface area contributed by atoms with Crippen LogP contribution >= 0.6 is 0 Å². The van der Waals surface area contributed by atoms with Crippen molar-refractivity contribution in [2.24, 2.45) is 0 Å². The lowest BCUT2D eigenvalue weighted by Gasteiger charge is -2.32. The number of amides is 1. The molecule has 0 saturated carbocycles. The Kier molecular flexibility index (Phi) is 5.33. The van der Waals surface area contributed by atoms with Gasteiger partial charge in [0.05, 0.1) is 32.5 Å². The molecular formula is C18H21N3O4. The van der Waals surface area contributed by atoms with Gasteiger partial charge >= 0.3 is 0 Å². The van der Waals surface area contributed by atoms with Crippen molar-refractivity contribution in [2.75, 3.05) is 27.3 Å². The Hall–Kier alpha value is -2.83. The maximum absolute atomic E-state index is 12.9. The van der Waals surface area contributed by atoms with Crippen LogP contribution in [0, 0.1) is 0 Å². The predicted octanol–water partition coefficient (Wildman–Crippen LogP) is 2.18. The predicted molar refractivity (Wildman–Crippen MR) is 91.1 cm³/mol. The first-order valence-corrected chi connectivity index (χ1v) is 8.15. The monoisotopic (exact) mass is 343 g/mol. The van der Waals surface area contributed by atoms with E-state index in [4.69, 9.17) is 14.2 Å². The van der Waals surface area contributed by atoms with Crippen LogP contribution in [-0.4, -0.2) is 54.2 Å². The summed E-state index contributed by atoms with van der Waals surface area (Å²) in [5.41, 5.74) is 0.517. The average molecular weight is 343 g/mol. The maximum atomic E-state index is 12.9. The third-order valence-electron chi connectivity index (χ3n) is 4.13. The van der Waals surface area contributed by atoms with E-state index < -0.39 is 0 Å². The lowest BCUT2D eigenvalue weighted by atomic mass is 10.1. The minimum absolute atomic E-state index is 0.0769. The molecule has 0 spiro atoms. The molecular weight excluding hydrogens is 322 g/mol. The smallest absolute Gasteiger partial charge is 0.257 e. The van der Waals surface area contributed by atoms with Gasteiger partial charge < -0.3 is 19.1 Å². The van der Waals surface area contributed by atoms with Gasteiger partial charge in [-0.1, -0.05) is 0 Å². The Balaban J connectivity index is 1.71. The van der Waals surface area contributed by atoms with Gasteiger partial charge in [-0.2, -0.15) is 0 Å². The minimum atomic E-state index is -0.0985. The van der Waals surface area contributed by atoms with Crippen LogP contribution in [0.15, 0.2) is 36.8 Å². The highest BCUT2D eigenvalue weighted by molar-refractivity contribution is 5.97. The van der Waals surface area contributed by atoms with Gasteiger partial charge in [0.1, 0.15) is 17.6 Å². The van der Waals surface area contributed by atoms with Gasteiger partial charge in [-0.15, -0.1) is 0 Å². The first-order chi connectivity index (χ1) is 12.2. The molecule has 7 heteroatoms. The Labute approximate surface area is 146 Å². The molecule has 1 atom stereocenters. The van der Waals surface area contributed by atoms with Gasteiger partial charge in [-0.3, -0.25) is 9.78 Å². The zero-order chi connectivity index (χ0) is 17.6. The van der Waals surface area contributed by atoms with Crippen molar-refractivity contribution >= 4 is 5.91 Å². The molecule has 25 heavy (non-hydrogen) atoms. The number of rotatable bonds is 5. The van der Waals surface area contributed by atoms with E-state index >= 15 is 0 Å². The molecule has 0 bridgehead atoms. The zero-order valence-corrected chi connectivity index (χ0v) is 14.3. The van der Waals surface area contributed by atoms with Crippen molar-refractivity contribution < 1.29 is 19.0 Å². The summed E-state index contributed by atoms with van der Waals surface area (Å²) in [7, 11) is 3.12. The number of carbonyl (C=O) groups excluding carboxylic acids is 1. The van der Waals surface area contributed by atoms with Gasteiger partial charge in [-0.05, 0) is 25.0 Å². The summed E-state index contributed by atoms with van der Waals surface area (Å²) in [5, 5.41) is 0. The van der Waals surface area contributed by atoms with Crippen LogP contribution in [0.4, 0.5) is 0 Å². The molecule has 1 aliphatic heterocycles. The van der Waals surface area contributed by atoms with E-state index in [0.29, 0.717) is 36.0 Å². The number of nitrogens with zero attached hydrogens (tertiary/aromatic N) is 3. The van der Waals surface area contributed by atoms with E-state index in [1.165, 1.54) is 0 Å². The Morgan fingerprint density at radius 3 is 2.84 bits per heavy atom. The molecule has 1 saturated heterocycles. The summed E-state index contributed by atoms with van der Waals surface area (Å²) in [4.78, 5) is 22.8. The number of hydrogen-bond donors (Lipinski definition) is 0. The zero-order valence-electron chi connectivity index (χ0n) is 14.3. The second kappa shape index (κ2) is 7.83. The van der Waals surface area contributed by atoms with Crippen LogP contribution in [-0.2, 0) is 0 Å². The summed E-state index contributed by atoms with van der Waals surface area (Å²) in [6.07, 6.45) is 6.41. The molecule has 0 aliphatic carbocycles. The van der Waals surface area contributed by atoms with Gasteiger partial charge in [0, 0.05) is 25.0 Å². The molecule has 1 unspecified atom stereocenters. The van der Waals surface area contributed by atoms with Crippen LogP contribution in [0.2, 0.25) is 0 Å². The van der Waals surface area contributed by atoms with Crippen LogP contribution < -0.4 is 14.2 Å². The number of hydrogen-bond acceptors (Lipinski definition) is 6. The molecule has 1 aromatic carbocycles. The molecule has 1 amide bonds. The van der Waals surface area contributed by atoms with E-state index in [1.54, 1.807) is 55.9 Å². The summed E-state index contributed by atoms with van der Waals surface area (Å²) in [6.45, 7) is 1.19. The highest BCUT2D eigenvalue weighted by Crippen LogP contribution is 2.27. The molecule has 1 aliphatic rings. The molecule has 1 fully saturated rings. The van der Waals surface area contributed by atoms with E-state index in [-0.39, 0.29) is 12.0 Å².